The molecule has 0 fully saturated rings. The SMILES string of the molecule is CCN(c1ncnc(N)c1Br)C(C)CN(C)C. The Kier molecular flexibility index (Phi) is 5.14. The zero-order chi connectivity index (χ0) is 13.0. The molecule has 1 aromatic heterocycles. The van der Waals surface area contributed by atoms with Crippen molar-refractivity contribution in [3.63, 3.8) is 0 Å². The largest absolute Gasteiger partial charge is 0.383 e. The lowest BCUT2D eigenvalue weighted by Crippen LogP contribution is -2.40. The average Bonchev–Trinajstić information content (AvgIpc) is 2.24. The zero-order valence-electron chi connectivity index (χ0n) is 10.8. The molecule has 1 atom stereocenters. The van der Waals surface area contributed by atoms with E-state index < -0.39 is 0 Å². The number of nitrogens with two attached hydrogens (primary N) is 1. The molecule has 0 aliphatic carbocycles. The van der Waals surface area contributed by atoms with E-state index in [0.29, 0.717) is 11.9 Å². The highest BCUT2D eigenvalue weighted by Crippen LogP contribution is 2.28. The lowest BCUT2D eigenvalue weighted by molar-refractivity contribution is 0.372. The molecule has 0 aliphatic heterocycles. The summed E-state index contributed by atoms with van der Waals surface area (Å²) in [5.41, 5.74) is 5.78. The van der Waals surface area contributed by atoms with E-state index in [-0.39, 0.29) is 0 Å². The van der Waals surface area contributed by atoms with Gasteiger partial charge in [0.1, 0.15) is 22.4 Å². The number of aromatic nitrogens is 2. The van der Waals surface area contributed by atoms with Crippen LogP contribution in [0.15, 0.2) is 10.8 Å². The maximum absolute atomic E-state index is 5.78. The predicted octanol–water partition coefficient (Wildman–Crippen LogP) is 1.60. The lowest BCUT2D eigenvalue weighted by atomic mass is 10.2. The number of nitrogen functional groups attached to an aromatic ring is 1. The molecule has 0 radical (unpaired) electrons. The Morgan fingerprint density at radius 1 is 1.41 bits per heavy atom. The highest BCUT2D eigenvalue weighted by atomic mass is 79.9. The monoisotopic (exact) mass is 301 g/mol. The number of hydrogen-bond acceptors (Lipinski definition) is 5. The van der Waals surface area contributed by atoms with Crippen molar-refractivity contribution in [2.75, 3.05) is 37.8 Å². The van der Waals surface area contributed by atoms with Crippen LogP contribution in [0.25, 0.3) is 0 Å². The van der Waals surface area contributed by atoms with Crippen LogP contribution in [0.2, 0.25) is 0 Å². The van der Waals surface area contributed by atoms with Gasteiger partial charge < -0.3 is 15.5 Å². The quantitative estimate of drug-likeness (QED) is 0.895. The number of rotatable bonds is 5. The Balaban J connectivity index is 2.97. The highest BCUT2D eigenvalue weighted by molar-refractivity contribution is 9.10. The van der Waals surface area contributed by atoms with Gasteiger partial charge in [0.15, 0.2) is 0 Å². The van der Waals surface area contributed by atoms with Gasteiger partial charge in [0.25, 0.3) is 0 Å². The topological polar surface area (TPSA) is 58.3 Å². The fourth-order valence-corrected chi connectivity index (χ4v) is 2.30. The van der Waals surface area contributed by atoms with Gasteiger partial charge >= 0.3 is 0 Å². The molecule has 5 nitrogen and oxygen atoms in total. The van der Waals surface area contributed by atoms with E-state index in [1.54, 1.807) is 0 Å². The maximum atomic E-state index is 5.78. The first kappa shape index (κ1) is 14.2. The van der Waals surface area contributed by atoms with Crippen LogP contribution in [-0.2, 0) is 0 Å². The second kappa shape index (κ2) is 6.16. The van der Waals surface area contributed by atoms with Gasteiger partial charge in [0.05, 0.1) is 0 Å². The van der Waals surface area contributed by atoms with Gasteiger partial charge in [0.2, 0.25) is 0 Å². The van der Waals surface area contributed by atoms with Crippen LogP contribution in [-0.4, -0.2) is 48.1 Å². The minimum atomic E-state index is 0.362. The fourth-order valence-electron chi connectivity index (χ4n) is 1.87. The van der Waals surface area contributed by atoms with Gasteiger partial charge in [-0.1, -0.05) is 0 Å². The van der Waals surface area contributed by atoms with Crippen LogP contribution in [0.4, 0.5) is 11.6 Å². The van der Waals surface area contributed by atoms with Gasteiger partial charge in [-0.25, -0.2) is 9.97 Å². The second-order valence-corrected chi connectivity index (χ2v) is 5.09. The molecule has 0 spiro atoms. The molecule has 0 aromatic carbocycles. The summed E-state index contributed by atoms with van der Waals surface area (Å²) in [7, 11) is 4.13. The Hall–Kier alpha value is -0.880. The third-order valence-corrected chi connectivity index (χ3v) is 3.33. The van der Waals surface area contributed by atoms with Gasteiger partial charge in [0, 0.05) is 19.1 Å². The Morgan fingerprint density at radius 3 is 2.59 bits per heavy atom. The first-order valence-electron chi connectivity index (χ1n) is 5.64. The molecule has 0 amide bonds. The molecule has 0 saturated heterocycles. The minimum absolute atomic E-state index is 0.362. The van der Waals surface area contributed by atoms with Crippen molar-refractivity contribution in [2.45, 2.75) is 19.9 Å². The summed E-state index contributed by atoms with van der Waals surface area (Å²) in [6.07, 6.45) is 1.50. The smallest absolute Gasteiger partial charge is 0.148 e. The lowest BCUT2D eigenvalue weighted by Gasteiger charge is -2.31. The maximum Gasteiger partial charge on any atom is 0.148 e. The molecule has 0 bridgehead atoms. The van der Waals surface area contributed by atoms with E-state index in [4.69, 9.17) is 5.73 Å². The second-order valence-electron chi connectivity index (χ2n) is 4.29. The van der Waals surface area contributed by atoms with E-state index in [1.165, 1.54) is 6.33 Å². The molecule has 1 unspecified atom stereocenters. The molecule has 6 heteroatoms. The van der Waals surface area contributed by atoms with Crippen LogP contribution in [0.1, 0.15) is 13.8 Å². The summed E-state index contributed by atoms with van der Waals surface area (Å²) in [5, 5.41) is 0. The van der Waals surface area contributed by atoms with Crippen molar-refractivity contribution >= 4 is 27.6 Å². The summed E-state index contributed by atoms with van der Waals surface area (Å²) in [6.45, 7) is 6.12. The van der Waals surface area contributed by atoms with E-state index >= 15 is 0 Å². The van der Waals surface area contributed by atoms with E-state index in [2.05, 4.69) is 63.6 Å². The molecule has 0 aliphatic rings. The van der Waals surface area contributed by atoms with Crippen molar-refractivity contribution in [2.24, 2.45) is 0 Å². The fraction of sp³-hybridized carbons (Fsp3) is 0.636. The van der Waals surface area contributed by atoms with Gasteiger partial charge in [-0.05, 0) is 43.9 Å². The van der Waals surface area contributed by atoms with Crippen LogP contribution in [0.3, 0.4) is 0 Å². The Morgan fingerprint density at radius 2 is 2.06 bits per heavy atom. The van der Waals surface area contributed by atoms with E-state index in [1.807, 2.05) is 0 Å². The molecule has 1 aromatic rings. The number of nitrogens with zero attached hydrogens (tertiary/aromatic N) is 4. The zero-order valence-corrected chi connectivity index (χ0v) is 12.4. The van der Waals surface area contributed by atoms with Gasteiger partial charge in [-0.2, -0.15) is 0 Å². The summed E-state index contributed by atoms with van der Waals surface area (Å²) < 4.78 is 0.771. The molecule has 0 saturated carbocycles. The average molecular weight is 302 g/mol. The first-order chi connectivity index (χ1) is 7.97. The number of anilines is 2. The number of halogens is 1. The highest BCUT2D eigenvalue weighted by Gasteiger charge is 2.18. The van der Waals surface area contributed by atoms with Crippen LogP contribution in [0.5, 0.6) is 0 Å². The molecular formula is C11H20BrN5. The predicted molar refractivity (Wildman–Crippen MR) is 75.2 cm³/mol. The van der Waals surface area contributed by atoms with Crippen molar-refractivity contribution in [3.05, 3.63) is 10.8 Å². The van der Waals surface area contributed by atoms with Gasteiger partial charge in [-0.3, -0.25) is 0 Å². The molecule has 2 N–H and O–H groups in total. The minimum Gasteiger partial charge on any atom is -0.383 e. The molecule has 1 heterocycles. The third kappa shape index (κ3) is 3.54. The van der Waals surface area contributed by atoms with E-state index in [0.717, 1.165) is 23.4 Å². The Labute approximate surface area is 111 Å². The normalized spacial score (nSPS) is 12.8. The standard InChI is InChI=1S/C11H20BrN5/c1-5-17(8(2)6-16(3)4)11-9(12)10(13)14-7-15-11/h7-8H,5-6H2,1-4H3,(H2,13,14,15). The van der Waals surface area contributed by atoms with Crippen LogP contribution >= 0.6 is 15.9 Å². The molecular weight excluding hydrogens is 282 g/mol. The summed E-state index contributed by atoms with van der Waals surface area (Å²) >= 11 is 3.45. The van der Waals surface area contributed by atoms with E-state index in [9.17, 15) is 0 Å². The van der Waals surface area contributed by atoms with Crippen LogP contribution in [0, 0.1) is 0 Å². The summed E-state index contributed by atoms with van der Waals surface area (Å²) in [5.74, 6) is 1.33. The number of hydrogen-bond donors (Lipinski definition) is 1. The molecule has 1 rings (SSSR count). The molecule has 17 heavy (non-hydrogen) atoms. The van der Waals surface area contributed by atoms with Crippen molar-refractivity contribution in [1.29, 1.82) is 0 Å². The Bertz CT molecular complexity index is 369. The van der Waals surface area contributed by atoms with Crippen molar-refractivity contribution in [1.82, 2.24) is 14.9 Å². The summed E-state index contributed by atoms with van der Waals surface area (Å²) in [6, 6.07) is 0.362. The molecule has 96 valence electrons. The van der Waals surface area contributed by atoms with Crippen molar-refractivity contribution < 1.29 is 0 Å². The third-order valence-electron chi connectivity index (χ3n) is 2.57. The number of likely N-dealkylation sites (N-methyl/N-ethyl adjacent to an activating group) is 2. The summed E-state index contributed by atoms with van der Waals surface area (Å²) in [4.78, 5) is 12.6. The van der Waals surface area contributed by atoms with Gasteiger partial charge in [-0.15, -0.1) is 0 Å². The van der Waals surface area contributed by atoms with Crippen LogP contribution < -0.4 is 10.6 Å². The van der Waals surface area contributed by atoms with Crippen molar-refractivity contribution in [3.8, 4) is 0 Å². The first-order valence-corrected chi connectivity index (χ1v) is 6.44.